The van der Waals surface area contributed by atoms with E-state index in [9.17, 15) is 0 Å². The average molecular weight is 273 g/mol. The van der Waals surface area contributed by atoms with Crippen LogP contribution < -0.4 is 5.32 Å². The number of nitrogens with one attached hydrogen (secondary N) is 1. The zero-order chi connectivity index (χ0) is 13.8. The highest BCUT2D eigenvalue weighted by Crippen LogP contribution is 2.32. The number of nitrogens with zero attached hydrogens (tertiary/aromatic N) is 2. The maximum absolute atomic E-state index is 4.56. The molecule has 1 aromatic heterocycles. The maximum atomic E-state index is 4.56. The Morgan fingerprint density at radius 2 is 2.05 bits per heavy atom. The second kappa shape index (κ2) is 6.23. The van der Waals surface area contributed by atoms with E-state index in [1.807, 2.05) is 12.3 Å². The minimum absolute atomic E-state index is 0.373. The summed E-state index contributed by atoms with van der Waals surface area (Å²) in [5.74, 6) is 0. The van der Waals surface area contributed by atoms with Gasteiger partial charge in [0.1, 0.15) is 0 Å². The van der Waals surface area contributed by atoms with Crippen LogP contribution in [0.15, 0.2) is 24.4 Å². The first-order valence-electron chi connectivity index (χ1n) is 8.19. The Hall–Kier alpha value is -0.930. The maximum Gasteiger partial charge on any atom is 0.0572 e. The van der Waals surface area contributed by atoms with Crippen LogP contribution in [-0.2, 0) is 0 Å². The molecule has 110 valence electrons. The molecule has 0 amide bonds. The van der Waals surface area contributed by atoms with Crippen molar-refractivity contribution in [3.63, 3.8) is 0 Å². The van der Waals surface area contributed by atoms with Crippen LogP contribution >= 0.6 is 0 Å². The second-order valence-corrected chi connectivity index (χ2v) is 6.52. The molecule has 3 heteroatoms. The average Bonchev–Trinajstić information content (AvgIpc) is 2.71. The summed E-state index contributed by atoms with van der Waals surface area (Å²) < 4.78 is 0. The van der Waals surface area contributed by atoms with Crippen LogP contribution in [-0.4, -0.2) is 35.1 Å². The van der Waals surface area contributed by atoms with Crippen LogP contribution in [0.1, 0.15) is 57.2 Å². The predicted octanol–water partition coefficient (Wildman–Crippen LogP) is 3.14. The van der Waals surface area contributed by atoms with Crippen LogP contribution in [0.25, 0.3) is 0 Å². The summed E-state index contributed by atoms with van der Waals surface area (Å²) in [4.78, 5) is 7.20. The van der Waals surface area contributed by atoms with Crippen molar-refractivity contribution >= 4 is 0 Å². The number of hydrogen-bond donors (Lipinski definition) is 1. The molecule has 1 aliphatic carbocycles. The minimum atomic E-state index is 0.373. The van der Waals surface area contributed by atoms with Gasteiger partial charge in [-0.25, -0.2) is 0 Å². The van der Waals surface area contributed by atoms with E-state index in [-0.39, 0.29) is 0 Å². The van der Waals surface area contributed by atoms with Crippen molar-refractivity contribution < 1.29 is 0 Å². The molecule has 3 rings (SSSR count). The van der Waals surface area contributed by atoms with Crippen LogP contribution in [0, 0.1) is 0 Å². The van der Waals surface area contributed by atoms with E-state index in [0.29, 0.717) is 11.6 Å². The molecule has 1 saturated heterocycles. The summed E-state index contributed by atoms with van der Waals surface area (Å²) in [6.07, 6.45) is 10.0. The molecule has 2 fully saturated rings. The van der Waals surface area contributed by atoms with Crippen molar-refractivity contribution in [1.29, 1.82) is 0 Å². The van der Waals surface area contributed by atoms with Gasteiger partial charge in [0, 0.05) is 30.9 Å². The van der Waals surface area contributed by atoms with Crippen molar-refractivity contribution in [2.75, 3.05) is 19.6 Å². The van der Waals surface area contributed by atoms with Crippen LogP contribution in [0.4, 0.5) is 0 Å². The van der Waals surface area contributed by atoms with Crippen molar-refractivity contribution in [3.8, 4) is 0 Å². The zero-order valence-corrected chi connectivity index (χ0v) is 12.6. The molecule has 0 radical (unpaired) electrons. The fourth-order valence-corrected chi connectivity index (χ4v) is 3.86. The molecule has 1 N–H and O–H groups in total. The quantitative estimate of drug-likeness (QED) is 0.897. The number of rotatable bonds is 2. The Bertz CT molecular complexity index is 412. The zero-order valence-electron chi connectivity index (χ0n) is 12.6. The lowest BCUT2D eigenvalue weighted by molar-refractivity contribution is 0.132. The molecule has 3 nitrogen and oxygen atoms in total. The molecule has 1 spiro atoms. The minimum Gasteiger partial charge on any atom is -0.310 e. The van der Waals surface area contributed by atoms with Gasteiger partial charge >= 0.3 is 0 Å². The molecule has 20 heavy (non-hydrogen) atoms. The molecule has 1 unspecified atom stereocenters. The highest BCUT2D eigenvalue weighted by atomic mass is 15.2. The fourth-order valence-electron chi connectivity index (χ4n) is 3.86. The first-order valence-corrected chi connectivity index (χ1v) is 8.19. The molecule has 0 aromatic carbocycles. The van der Waals surface area contributed by atoms with E-state index < -0.39 is 0 Å². The van der Waals surface area contributed by atoms with Crippen LogP contribution in [0.2, 0.25) is 0 Å². The van der Waals surface area contributed by atoms with Crippen molar-refractivity contribution in [3.05, 3.63) is 30.1 Å². The van der Waals surface area contributed by atoms with Crippen LogP contribution in [0.3, 0.4) is 0 Å². The lowest BCUT2D eigenvalue weighted by Gasteiger charge is -2.41. The molecular formula is C17H27N3. The van der Waals surface area contributed by atoms with Gasteiger partial charge in [-0.3, -0.25) is 9.88 Å². The standard InChI is InChI=1S/C17H27N3/c1-15(16-8-3-6-11-18-16)20-13-7-12-19-17(14-20)9-4-2-5-10-17/h3,6,8,11,15,19H,2,4-5,7,9-10,12-14H2,1H3. The molecule has 1 saturated carbocycles. The normalized spacial score (nSPS) is 25.2. The van der Waals surface area contributed by atoms with Crippen LogP contribution in [0.5, 0.6) is 0 Å². The van der Waals surface area contributed by atoms with E-state index in [2.05, 4.69) is 34.3 Å². The molecule has 2 aliphatic rings. The largest absolute Gasteiger partial charge is 0.310 e. The third kappa shape index (κ3) is 3.04. The molecule has 2 heterocycles. The Morgan fingerprint density at radius 1 is 1.20 bits per heavy atom. The van der Waals surface area contributed by atoms with Gasteiger partial charge in [0.2, 0.25) is 0 Å². The summed E-state index contributed by atoms with van der Waals surface area (Å²) in [7, 11) is 0. The fraction of sp³-hybridized carbons (Fsp3) is 0.706. The van der Waals surface area contributed by atoms with Gasteiger partial charge in [0.05, 0.1) is 5.69 Å². The number of pyridine rings is 1. The molecule has 0 bridgehead atoms. The lowest BCUT2D eigenvalue weighted by Crippen LogP contribution is -2.53. The van der Waals surface area contributed by atoms with E-state index in [0.717, 1.165) is 0 Å². The number of hydrogen-bond acceptors (Lipinski definition) is 3. The van der Waals surface area contributed by atoms with Crippen molar-refractivity contribution in [2.45, 2.75) is 57.0 Å². The van der Waals surface area contributed by atoms with Crippen molar-refractivity contribution in [2.24, 2.45) is 0 Å². The summed E-state index contributed by atoms with van der Waals surface area (Å²) in [5, 5.41) is 3.87. The Kier molecular flexibility index (Phi) is 4.37. The highest BCUT2D eigenvalue weighted by Gasteiger charge is 2.36. The summed E-state index contributed by atoms with van der Waals surface area (Å²) >= 11 is 0. The summed E-state index contributed by atoms with van der Waals surface area (Å²) in [6, 6.07) is 6.69. The van der Waals surface area contributed by atoms with Gasteiger partial charge in [-0.2, -0.15) is 0 Å². The summed E-state index contributed by atoms with van der Waals surface area (Å²) in [6.45, 7) is 5.85. The van der Waals surface area contributed by atoms with Gasteiger partial charge in [-0.15, -0.1) is 0 Å². The highest BCUT2D eigenvalue weighted by molar-refractivity contribution is 5.09. The Balaban J connectivity index is 1.74. The predicted molar refractivity (Wildman–Crippen MR) is 82.7 cm³/mol. The second-order valence-electron chi connectivity index (χ2n) is 6.52. The first-order chi connectivity index (χ1) is 9.79. The Labute approximate surface area is 122 Å². The van der Waals surface area contributed by atoms with E-state index in [1.54, 1.807) is 0 Å². The van der Waals surface area contributed by atoms with E-state index >= 15 is 0 Å². The van der Waals surface area contributed by atoms with Gasteiger partial charge < -0.3 is 5.32 Å². The number of aromatic nitrogens is 1. The monoisotopic (exact) mass is 273 g/mol. The first kappa shape index (κ1) is 14.0. The molecule has 1 aromatic rings. The Morgan fingerprint density at radius 3 is 2.80 bits per heavy atom. The molecule has 1 atom stereocenters. The molecule has 1 aliphatic heterocycles. The molecular weight excluding hydrogens is 246 g/mol. The lowest BCUT2D eigenvalue weighted by atomic mass is 9.81. The smallest absolute Gasteiger partial charge is 0.0572 e. The summed E-state index contributed by atoms with van der Waals surface area (Å²) in [5.41, 5.74) is 1.58. The van der Waals surface area contributed by atoms with E-state index in [1.165, 1.54) is 63.9 Å². The third-order valence-corrected chi connectivity index (χ3v) is 5.10. The van der Waals surface area contributed by atoms with Gasteiger partial charge in [-0.05, 0) is 44.9 Å². The van der Waals surface area contributed by atoms with Gasteiger partial charge in [0.15, 0.2) is 0 Å². The third-order valence-electron chi connectivity index (χ3n) is 5.10. The van der Waals surface area contributed by atoms with Crippen molar-refractivity contribution in [1.82, 2.24) is 15.2 Å². The van der Waals surface area contributed by atoms with Gasteiger partial charge in [0.25, 0.3) is 0 Å². The SMILES string of the molecule is CC(c1ccccn1)N1CCCNC2(CCCCC2)C1. The van der Waals surface area contributed by atoms with E-state index in [4.69, 9.17) is 0 Å². The van der Waals surface area contributed by atoms with Gasteiger partial charge in [-0.1, -0.05) is 25.3 Å². The topological polar surface area (TPSA) is 28.2 Å².